The third kappa shape index (κ3) is 8.31. The van der Waals surface area contributed by atoms with Crippen molar-refractivity contribution in [3.63, 3.8) is 0 Å². The zero-order valence-electron chi connectivity index (χ0n) is 30.9. The Bertz CT molecular complexity index is 2130. The van der Waals surface area contributed by atoms with Crippen LogP contribution in [-0.2, 0) is 16.6 Å². The number of rotatable bonds is 11. The van der Waals surface area contributed by atoms with Crippen LogP contribution in [0.2, 0.25) is 0 Å². The summed E-state index contributed by atoms with van der Waals surface area (Å²) < 4.78 is 294. The van der Waals surface area contributed by atoms with Crippen LogP contribution in [0.25, 0.3) is 0 Å². The average Bonchev–Trinajstić information content (AvgIpc) is 3.24. The van der Waals surface area contributed by atoms with Crippen LogP contribution < -0.4 is 21.9 Å². The van der Waals surface area contributed by atoms with E-state index in [2.05, 4.69) is 38.1 Å². The van der Waals surface area contributed by atoms with Crippen molar-refractivity contribution in [1.29, 1.82) is 0 Å². The first-order chi connectivity index (χ1) is 28.9. The standard InChI is InChI=1S/C24BF20.C14H23O2S/c26-5-1(6(27)14(35)21(42)13(5)34)25(2-7(28)15(36)22(43)16(37)8(2)29,3-9(30)17(38)23(44)18(39)10(3)31)4-11(32)19(40)24(45)20(41)12(4)33;1-12(2)14-5-3-13(4-6-14)11-17(9-7-15)10-8-16/h;3-6,12,15-16H,7-11H2,1-2H3/q-1;+1. The first-order valence-electron chi connectivity index (χ1n) is 17.1. The van der Waals surface area contributed by atoms with Gasteiger partial charge in [0.25, 0.3) is 0 Å². The molecule has 336 valence electrons. The second-order valence-electron chi connectivity index (χ2n) is 13.3. The normalized spacial score (nSPS) is 11.8. The second-order valence-corrected chi connectivity index (χ2v) is 15.6. The van der Waals surface area contributed by atoms with E-state index in [0.717, 1.165) is 17.3 Å². The molecule has 2 nitrogen and oxygen atoms in total. The van der Waals surface area contributed by atoms with Crippen molar-refractivity contribution in [1.82, 2.24) is 0 Å². The fourth-order valence-corrected chi connectivity index (χ4v) is 8.29. The van der Waals surface area contributed by atoms with Crippen molar-refractivity contribution in [2.45, 2.75) is 25.5 Å². The first kappa shape index (κ1) is 49.7. The Morgan fingerprint density at radius 2 is 0.581 bits per heavy atom. The van der Waals surface area contributed by atoms with Crippen LogP contribution in [0.4, 0.5) is 87.8 Å². The summed E-state index contributed by atoms with van der Waals surface area (Å²) in [6, 6.07) is 8.70. The average molecular weight is 934 g/mol. The van der Waals surface area contributed by atoms with Crippen LogP contribution in [0.5, 0.6) is 0 Å². The maximum Gasteiger partial charge on any atom is 0.200 e. The molecular weight excluding hydrogens is 911 g/mol. The highest BCUT2D eigenvalue weighted by molar-refractivity contribution is 7.96. The van der Waals surface area contributed by atoms with Crippen molar-refractivity contribution in [3.8, 4) is 0 Å². The molecule has 5 aromatic rings. The number of halogens is 20. The number of aliphatic hydroxyl groups is 2. The molecule has 0 fully saturated rings. The molecule has 0 aliphatic rings. The van der Waals surface area contributed by atoms with E-state index in [0.29, 0.717) is 5.92 Å². The van der Waals surface area contributed by atoms with Gasteiger partial charge in [-0.05, 0) is 22.4 Å². The zero-order chi connectivity index (χ0) is 47.0. The third-order valence-electron chi connectivity index (χ3n) is 9.48. The Hall–Kier alpha value is -4.97. The number of hydrogen-bond acceptors (Lipinski definition) is 2. The molecule has 62 heavy (non-hydrogen) atoms. The monoisotopic (exact) mass is 934 g/mol. The van der Waals surface area contributed by atoms with E-state index >= 15 is 35.1 Å². The third-order valence-corrected chi connectivity index (χ3v) is 11.7. The number of benzene rings is 5. The highest BCUT2D eigenvalue weighted by Gasteiger charge is 2.52. The molecule has 0 radical (unpaired) electrons. The summed E-state index contributed by atoms with van der Waals surface area (Å²) in [5.41, 5.74) is -11.7. The van der Waals surface area contributed by atoms with Crippen LogP contribution in [0, 0.1) is 116 Å². The fraction of sp³-hybridized carbons (Fsp3) is 0.211. The van der Waals surface area contributed by atoms with Gasteiger partial charge in [0, 0.05) is 5.56 Å². The topological polar surface area (TPSA) is 40.5 Å². The molecule has 0 saturated carbocycles. The largest absolute Gasteiger partial charge is 0.391 e. The van der Waals surface area contributed by atoms with Gasteiger partial charge in [-0.3, -0.25) is 0 Å². The summed E-state index contributed by atoms with van der Waals surface area (Å²) in [7, 11) is 0.107. The van der Waals surface area contributed by atoms with Crippen LogP contribution in [0.15, 0.2) is 24.3 Å². The van der Waals surface area contributed by atoms with E-state index in [1.54, 1.807) is 0 Å². The van der Waals surface area contributed by atoms with Crippen molar-refractivity contribution in [2.75, 3.05) is 24.7 Å². The lowest BCUT2D eigenvalue weighted by atomic mass is 9.12. The lowest BCUT2D eigenvalue weighted by molar-refractivity contribution is 0.316. The van der Waals surface area contributed by atoms with E-state index in [-0.39, 0.29) is 24.1 Å². The lowest BCUT2D eigenvalue weighted by Gasteiger charge is -2.44. The Labute approximate surface area is 338 Å². The maximum absolute atomic E-state index is 15.4. The predicted octanol–water partition coefficient (Wildman–Crippen LogP) is 7.76. The fourth-order valence-electron chi connectivity index (χ4n) is 6.61. The Balaban J connectivity index is 0.000000416. The van der Waals surface area contributed by atoms with Gasteiger partial charge in [-0.2, -0.15) is 0 Å². The molecule has 0 spiro atoms. The van der Waals surface area contributed by atoms with E-state index in [9.17, 15) is 52.7 Å². The first-order valence-corrected chi connectivity index (χ1v) is 18.8. The molecule has 0 heterocycles. The molecule has 0 bridgehead atoms. The molecule has 0 atom stereocenters. The van der Waals surface area contributed by atoms with E-state index in [1.165, 1.54) is 11.1 Å². The summed E-state index contributed by atoms with van der Waals surface area (Å²) >= 11 is 0. The Morgan fingerprint density at radius 3 is 0.774 bits per heavy atom. The smallest absolute Gasteiger partial charge is 0.200 e. The molecule has 0 aromatic heterocycles. The highest BCUT2D eigenvalue weighted by Crippen LogP contribution is 2.31. The van der Waals surface area contributed by atoms with Crippen LogP contribution in [0.1, 0.15) is 30.9 Å². The number of aliphatic hydroxyl groups excluding tert-OH is 2. The van der Waals surface area contributed by atoms with Gasteiger partial charge in [-0.1, -0.05) is 38.1 Å². The quantitative estimate of drug-likeness (QED) is 0.0468. The SMILES string of the molecule is CC(C)c1ccc(C[S+](CCO)CCO)cc1.Fc1c(F)c(F)c([B-](c2c(F)c(F)c(F)c(F)c2F)(c2c(F)c(F)c(F)c(F)c2F)c2c(F)c(F)c(F)c(F)c2F)c(F)c1F. The molecule has 0 aliphatic carbocycles. The number of hydrogen-bond donors (Lipinski definition) is 2. The minimum Gasteiger partial charge on any atom is -0.391 e. The van der Waals surface area contributed by atoms with Crippen LogP contribution in [0.3, 0.4) is 0 Å². The maximum atomic E-state index is 15.4. The minimum atomic E-state index is -7.22. The minimum absolute atomic E-state index is 0.107. The molecule has 0 aliphatic heterocycles. The molecular formula is C38H23BF20O2S. The van der Waals surface area contributed by atoms with Gasteiger partial charge < -0.3 is 10.2 Å². The molecule has 0 unspecified atom stereocenters. The molecule has 5 rings (SSSR count). The molecule has 5 aromatic carbocycles. The molecule has 0 saturated heterocycles. The summed E-state index contributed by atoms with van der Waals surface area (Å²) in [6.07, 6.45) is -7.22. The van der Waals surface area contributed by atoms with E-state index in [4.69, 9.17) is 10.2 Å². The summed E-state index contributed by atoms with van der Waals surface area (Å²) in [4.78, 5) is 0. The van der Waals surface area contributed by atoms with Gasteiger partial charge in [0.15, 0.2) is 69.8 Å². The second kappa shape index (κ2) is 19.2. The van der Waals surface area contributed by atoms with Gasteiger partial charge in [-0.25, -0.2) is 87.8 Å². The van der Waals surface area contributed by atoms with E-state index < -0.39 is 144 Å². The molecule has 24 heteroatoms. The van der Waals surface area contributed by atoms with Gasteiger partial charge in [0.2, 0.25) is 0 Å². The van der Waals surface area contributed by atoms with Crippen LogP contribution in [-0.4, -0.2) is 41.1 Å². The van der Waals surface area contributed by atoms with E-state index in [1.807, 2.05) is 0 Å². The Morgan fingerprint density at radius 1 is 0.371 bits per heavy atom. The summed E-state index contributed by atoms with van der Waals surface area (Å²) in [5.74, 6) is -68.3. The molecule has 0 amide bonds. The highest BCUT2D eigenvalue weighted by atomic mass is 32.2. The van der Waals surface area contributed by atoms with Crippen molar-refractivity contribution < 1.29 is 98.0 Å². The molecule has 2 N–H and O–H groups in total. The summed E-state index contributed by atoms with van der Waals surface area (Å²) in [5, 5.41) is 18.0. The van der Waals surface area contributed by atoms with Crippen molar-refractivity contribution in [2.24, 2.45) is 0 Å². The van der Waals surface area contributed by atoms with Crippen LogP contribution >= 0.6 is 0 Å². The van der Waals surface area contributed by atoms with Gasteiger partial charge >= 0.3 is 0 Å². The zero-order valence-corrected chi connectivity index (χ0v) is 31.7. The van der Waals surface area contributed by atoms with Gasteiger partial charge in [0.1, 0.15) is 69.9 Å². The Kier molecular flexibility index (Phi) is 15.4. The summed E-state index contributed by atoms with van der Waals surface area (Å²) in [6.45, 7) is 4.81. The predicted molar refractivity (Wildman–Crippen MR) is 185 cm³/mol. The van der Waals surface area contributed by atoms with Crippen molar-refractivity contribution >= 4 is 38.9 Å². The van der Waals surface area contributed by atoms with Crippen molar-refractivity contribution in [3.05, 3.63) is 152 Å². The van der Waals surface area contributed by atoms with Gasteiger partial charge in [-0.15, -0.1) is 21.9 Å². The lowest BCUT2D eigenvalue weighted by Crippen LogP contribution is -2.81. The van der Waals surface area contributed by atoms with Gasteiger partial charge in [0.05, 0.1) is 13.2 Å².